The first-order valence-electron chi connectivity index (χ1n) is 7.06. The first-order valence-corrected chi connectivity index (χ1v) is 7.06. The zero-order chi connectivity index (χ0) is 14.5. The fourth-order valence-corrected chi connectivity index (χ4v) is 2.67. The lowest BCUT2D eigenvalue weighted by Crippen LogP contribution is -2.51. The largest absolute Gasteiger partial charge is 0.409 e. The third kappa shape index (κ3) is 3.49. The van der Waals surface area contributed by atoms with E-state index in [9.17, 15) is 0 Å². The van der Waals surface area contributed by atoms with Crippen LogP contribution in [0.4, 0.5) is 0 Å². The number of piperazine rings is 1. The lowest BCUT2D eigenvalue weighted by Gasteiger charge is -2.39. The van der Waals surface area contributed by atoms with Gasteiger partial charge in [-0.3, -0.25) is 4.90 Å². The Hall–Kier alpha value is -1.59. The lowest BCUT2D eigenvalue weighted by molar-refractivity contribution is 0.104. The maximum Gasteiger partial charge on any atom is 0.147 e. The molecule has 0 aromatic heterocycles. The van der Waals surface area contributed by atoms with E-state index in [1.165, 1.54) is 0 Å². The zero-order valence-corrected chi connectivity index (χ0v) is 12.2. The third-order valence-electron chi connectivity index (χ3n) is 4.16. The number of nitrogens with zero attached hydrogens (tertiary/aromatic N) is 3. The minimum absolute atomic E-state index is 0.0585. The Labute approximate surface area is 120 Å². The van der Waals surface area contributed by atoms with Crippen molar-refractivity contribution in [3.8, 4) is 0 Å². The van der Waals surface area contributed by atoms with Crippen molar-refractivity contribution in [2.45, 2.75) is 18.9 Å². The summed E-state index contributed by atoms with van der Waals surface area (Å²) in [6.07, 6.45) is 0. The molecule has 20 heavy (non-hydrogen) atoms. The Morgan fingerprint density at radius 3 is 2.70 bits per heavy atom. The molecule has 0 saturated carbocycles. The van der Waals surface area contributed by atoms with Crippen molar-refractivity contribution in [3.63, 3.8) is 0 Å². The number of oxime groups is 1. The van der Waals surface area contributed by atoms with Gasteiger partial charge in [0, 0.05) is 32.2 Å². The topological polar surface area (TPSA) is 65.1 Å². The minimum atomic E-state index is -0.0585. The summed E-state index contributed by atoms with van der Waals surface area (Å²) in [5.41, 5.74) is 6.98. The van der Waals surface area contributed by atoms with Gasteiger partial charge in [-0.25, -0.2) is 0 Å². The van der Waals surface area contributed by atoms with E-state index >= 15 is 0 Å². The van der Waals surface area contributed by atoms with Gasteiger partial charge < -0.3 is 15.8 Å². The number of amidine groups is 1. The molecule has 1 aliphatic heterocycles. The minimum Gasteiger partial charge on any atom is -0.409 e. The van der Waals surface area contributed by atoms with Crippen LogP contribution in [0.3, 0.4) is 0 Å². The molecule has 1 heterocycles. The van der Waals surface area contributed by atoms with Gasteiger partial charge in [-0.05, 0) is 19.5 Å². The van der Waals surface area contributed by atoms with Crippen LogP contribution in [0.15, 0.2) is 35.5 Å². The molecule has 110 valence electrons. The molecular formula is C15H24N4O. The molecule has 1 aromatic rings. The van der Waals surface area contributed by atoms with Crippen molar-refractivity contribution >= 4 is 5.84 Å². The number of hydrogen-bond donors (Lipinski definition) is 2. The molecule has 1 saturated heterocycles. The Morgan fingerprint density at radius 1 is 1.40 bits per heavy atom. The van der Waals surface area contributed by atoms with E-state index in [2.05, 4.69) is 28.9 Å². The quantitative estimate of drug-likeness (QED) is 0.375. The van der Waals surface area contributed by atoms with E-state index in [0.29, 0.717) is 6.04 Å². The molecule has 0 radical (unpaired) electrons. The highest BCUT2D eigenvalue weighted by molar-refractivity contribution is 5.87. The van der Waals surface area contributed by atoms with Crippen LogP contribution >= 0.6 is 0 Å². The molecule has 2 rings (SSSR count). The van der Waals surface area contributed by atoms with Crippen LogP contribution in [-0.4, -0.2) is 60.1 Å². The molecule has 1 aliphatic rings. The number of likely N-dealkylation sites (N-methyl/N-ethyl adjacent to an activating group) is 1. The van der Waals surface area contributed by atoms with E-state index < -0.39 is 0 Å². The highest BCUT2D eigenvalue weighted by Gasteiger charge is 2.25. The first-order chi connectivity index (χ1) is 9.61. The van der Waals surface area contributed by atoms with Gasteiger partial charge >= 0.3 is 0 Å². The Morgan fingerprint density at radius 2 is 2.10 bits per heavy atom. The molecule has 3 N–H and O–H groups in total. The molecule has 5 heteroatoms. The Kier molecular flexibility index (Phi) is 4.98. The monoisotopic (exact) mass is 276 g/mol. The second-order valence-corrected chi connectivity index (χ2v) is 5.58. The number of hydrogen-bond acceptors (Lipinski definition) is 4. The summed E-state index contributed by atoms with van der Waals surface area (Å²) in [5, 5.41) is 12.2. The molecule has 2 unspecified atom stereocenters. The summed E-state index contributed by atoms with van der Waals surface area (Å²) < 4.78 is 0. The summed E-state index contributed by atoms with van der Waals surface area (Å²) in [5.74, 6) is 0.222. The van der Waals surface area contributed by atoms with Gasteiger partial charge in [0.05, 0.1) is 5.92 Å². The summed E-state index contributed by atoms with van der Waals surface area (Å²) in [7, 11) is 2.15. The van der Waals surface area contributed by atoms with Crippen LogP contribution < -0.4 is 5.73 Å². The summed E-state index contributed by atoms with van der Waals surface area (Å²) in [6.45, 7) is 6.10. The number of benzene rings is 1. The average molecular weight is 276 g/mol. The zero-order valence-electron chi connectivity index (χ0n) is 12.2. The van der Waals surface area contributed by atoms with Crippen LogP contribution in [0.25, 0.3) is 0 Å². The number of nitrogens with two attached hydrogens (primary N) is 1. The summed E-state index contributed by atoms with van der Waals surface area (Å²) in [4.78, 5) is 4.75. The Balaban J connectivity index is 2.09. The molecule has 1 fully saturated rings. The lowest BCUT2D eigenvalue weighted by atomic mass is 9.97. The van der Waals surface area contributed by atoms with Gasteiger partial charge in [0.2, 0.25) is 0 Å². The number of rotatable bonds is 4. The molecule has 0 spiro atoms. The molecule has 5 nitrogen and oxygen atoms in total. The van der Waals surface area contributed by atoms with Crippen molar-refractivity contribution in [1.82, 2.24) is 9.80 Å². The van der Waals surface area contributed by atoms with Crippen LogP contribution in [0.5, 0.6) is 0 Å². The van der Waals surface area contributed by atoms with Crippen molar-refractivity contribution < 1.29 is 5.21 Å². The molecule has 0 aliphatic carbocycles. The maximum absolute atomic E-state index is 9.03. The van der Waals surface area contributed by atoms with E-state index in [-0.39, 0.29) is 11.8 Å². The normalized spacial score (nSPS) is 23.7. The van der Waals surface area contributed by atoms with Crippen molar-refractivity contribution in [2.24, 2.45) is 10.9 Å². The van der Waals surface area contributed by atoms with Gasteiger partial charge in [-0.15, -0.1) is 0 Å². The van der Waals surface area contributed by atoms with Gasteiger partial charge in [0.1, 0.15) is 5.84 Å². The van der Waals surface area contributed by atoms with Crippen LogP contribution in [-0.2, 0) is 0 Å². The molecular weight excluding hydrogens is 252 g/mol. The SMILES string of the molecule is CC1CN(CC(C(N)=NO)c2ccccc2)CCN1C. The van der Waals surface area contributed by atoms with E-state index in [0.717, 1.165) is 31.7 Å². The standard InChI is InChI=1S/C15H24N4O/c1-12-10-19(9-8-18(12)2)11-14(15(16)17-20)13-6-4-3-5-7-13/h3-7,12,14,20H,8-11H2,1-2H3,(H2,16,17). The molecule has 0 amide bonds. The maximum atomic E-state index is 9.03. The summed E-state index contributed by atoms with van der Waals surface area (Å²) >= 11 is 0. The van der Waals surface area contributed by atoms with Gasteiger partial charge in [0.15, 0.2) is 0 Å². The Bertz CT molecular complexity index is 448. The second kappa shape index (κ2) is 6.72. The van der Waals surface area contributed by atoms with E-state index in [1.54, 1.807) is 0 Å². The van der Waals surface area contributed by atoms with Gasteiger partial charge in [-0.2, -0.15) is 0 Å². The van der Waals surface area contributed by atoms with E-state index in [4.69, 9.17) is 10.9 Å². The fourth-order valence-electron chi connectivity index (χ4n) is 2.67. The molecule has 0 bridgehead atoms. The van der Waals surface area contributed by atoms with Crippen molar-refractivity contribution in [2.75, 3.05) is 33.2 Å². The highest BCUT2D eigenvalue weighted by atomic mass is 16.4. The van der Waals surface area contributed by atoms with Gasteiger partial charge in [0.25, 0.3) is 0 Å². The summed E-state index contributed by atoms with van der Waals surface area (Å²) in [6, 6.07) is 10.5. The first kappa shape index (κ1) is 14.8. The molecule has 2 atom stereocenters. The third-order valence-corrected chi connectivity index (χ3v) is 4.16. The highest BCUT2D eigenvalue weighted by Crippen LogP contribution is 2.19. The van der Waals surface area contributed by atoms with E-state index in [1.807, 2.05) is 30.3 Å². The van der Waals surface area contributed by atoms with Crippen LogP contribution in [0.2, 0.25) is 0 Å². The second-order valence-electron chi connectivity index (χ2n) is 5.58. The molecule has 1 aromatic carbocycles. The van der Waals surface area contributed by atoms with Crippen LogP contribution in [0, 0.1) is 0 Å². The fraction of sp³-hybridized carbons (Fsp3) is 0.533. The van der Waals surface area contributed by atoms with Crippen molar-refractivity contribution in [3.05, 3.63) is 35.9 Å². The van der Waals surface area contributed by atoms with Gasteiger partial charge in [-0.1, -0.05) is 35.5 Å². The smallest absolute Gasteiger partial charge is 0.147 e. The van der Waals surface area contributed by atoms with Crippen LogP contribution in [0.1, 0.15) is 18.4 Å². The average Bonchev–Trinajstić information content (AvgIpc) is 2.48. The predicted molar refractivity (Wildman–Crippen MR) is 81.1 cm³/mol. The predicted octanol–water partition coefficient (Wildman–Crippen LogP) is 1.15. The van der Waals surface area contributed by atoms with Crippen molar-refractivity contribution in [1.29, 1.82) is 0 Å².